The fourth-order valence-corrected chi connectivity index (χ4v) is 2.13. The monoisotopic (exact) mass is 257 g/mol. The molecule has 3 aromatic rings. The van der Waals surface area contributed by atoms with Crippen LogP contribution in [0.25, 0.3) is 22.4 Å². The largest absolute Gasteiger partial charge is 0.463 e. The standard InChI is InChI=1S/C14H15N3O2/c1-3-11(15-2)14-17-16-13(19-14)10-8-18-12-7-5-4-6-9(10)12/h4-8,11,15H,3H2,1-2H3. The quantitative estimate of drug-likeness (QED) is 0.777. The molecule has 0 aliphatic rings. The molecule has 5 heteroatoms. The molecule has 0 fully saturated rings. The van der Waals surface area contributed by atoms with E-state index in [-0.39, 0.29) is 6.04 Å². The van der Waals surface area contributed by atoms with Gasteiger partial charge in [0.25, 0.3) is 5.89 Å². The van der Waals surface area contributed by atoms with Crippen LogP contribution in [-0.2, 0) is 0 Å². The molecule has 98 valence electrons. The maximum absolute atomic E-state index is 5.74. The minimum absolute atomic E-state index is 0.0828. The molecule has 0 saturated heterocycles. The number of nitrogens with one attached hydrogen (secondary N) is 1. The maximum atomic E-state index is 5.74. The van der Waals surface area contributed by atoms with Gasteiger partial charge in [0.2, 0.25) is 5.89 Å². The molecular weight excluding hydrogens is 242 g/mol. The van der Waals surface area contributed by atoms with Gasteiger partial charge in [0, 0.05) is 5.39 Å². The van der Waals surface area contributed by atoms with Crippen LogP contribution in [-0.4, -0.2) is 17.2 Å². The number of furan rings is 1. The Labute approximate surface area is 110 Å². The summed E-state index contributed by atoms with van der Waals surface area (Å²) in [6.07, 6.45) is 2.55. The molecule has 0 aliphatic heterocycles. The van der Waals surface area contributed by atoms with Crippen molar-refractivity contribution in [1.29, 1.82) is 0 Å². The first kappa shape index (κ1) is 11.9. The lowest BCUT2D eigenvalue weighted by atomic mass is 10.2. The van der Waals surface area contributed by atoms with Gasteiger partial charge in [0.1, 0.15) is 11.8 Å². The Morgan fingerprint density at radius 1 is 1.26 bits per heavy atom. The van der Waals surface area contributed by atoms with Crippen LogP contribution in [0.1, 0.15) is 25.3 Å². The topological polar surface area (TPSA) is 64.1 Å². The van der Waals surface area contributed by atoms with E-state index in [1.807, 2.05) is 31.3 Å². The fraction of sp³-hybridized carbons (Fsp3) is 0.286. The fourth-order valence-electron chi connectivity index (χ4n) is 2.13. The second-order valence-corrected chi connectivity index (χ2v) is 4.34. The van der Waals surface area contributed by atoms with E-state index in [4.69, 9.17) is 8.83 Å². The molecule has 5 nitrogen and oxygen atoms in total. The Kier molecular flexibility index (Phi) is 3.05. The Bertz CT molecular complexity index is 683. The van der Waals surface area contributed by atoms with E-state index in [1.54, 1.807) is 6.26 Å². The van der Waals surface area contributed by atoms with Gasteiger partial charge in [-0.05, 0) is 19.5 Å². The summed E-state index contributed by atoms with van der Waals surface area (Å²) < 4.78 is 11.2. The summed E-state index contributed by atoms with van der Waals surface area (Å²) in [5.74, 6) is 1.10. The normalized spacial score (nSPS) is 12.9. The Morgan fingerprint density at radius 3 is 2.89 bits per heavy atom. The second-order valence-electron chi connectivity index (χ2n) is 4.34. The van der Waals surface area contributed by atoms with Gasteiger partial charge in [-0.25, -0.2) is 0 Å². The van der Waals surface area contributed by atoms with Crippen LogP contribution < -0.4 is 5.32 Å². The highest BCUT2D eigenvalue weighted by atomic mass is 16.4. The van der Waals surface area contributed by atoms with Crippen molar-refractivity contribution in [2.45, 2.75) is 19.4 Å². The molecule has 0 saturated carbocycles. The zero-order valence-electron chi connectivity index (χ0n) is 10.9. The lowest BCUT2D eigenvalue weighted by Gasteiger charge is -2.06. The average Bonchev–Trinajstić information content (AvgIpc) is 3.06. The minimum Gasteiger partial charge on any atom is -0.463 e. The Balaban J connectivity index is 2.03. The van der Waals surface area contributed by atoms with Crippen molar-refractivity contribution in [2.75, 3.05) is 7.05 Å². The van der Waals surface area contributed by atoms with E-state index in [0.717, 1.165) is 23.0 Å². The summed E-state index contributed by atoms with van der Waals surface area (Å²) in [4.78, 5) is 0. The van der Waals surface area contributed by atoms with Crippen LogP contribution in [0, 0.1) is 0 Å². The lowest BCUT2D eigenvalue weighted by Crippen LogP contribution is -2.15. The van der Waals surface area contributed by atoms with Gasteiger partial charge in [0.15, 0.2) is 0 Å². The van der Waals surface area contributed by atoms with E-state index >= 15 is 0 Å². The van der Waals surface area contributed by atoms with Crippen molar-refractivity contribution in [3.8, 4) is 11.5 Å². The van der Waals surface area contributed by atoms with E-state index in [9.17, 15) is 0 Å². The van der Waals surface area contributed by atoms with Gasteiger partial charge in [0.05, 0.1) is 11.6 Å². The number of hydrogen-bond donors (Lipinski definition) is 1. The zero-order chi connectivity index (χ0) is 13.2. The second kappa shape index (κ2) is 4.85. The molecule has 0 spiro atoms. The van der Waals surface area contributed by atoms with E-state index in [1.165, 1.54) is 0 Å². The number of para-hydroxylation sites is 1. The number of rotatable bonds is 4. The van der Waals surface area contributed by atoms with E-state index in [2.05, 4.69) is 22.4 Å². The van der Waals surface area contributed by atoms with Crippen LogP contribution in [0.5, 0.6) is 0 Å². The molecule has 0 amide bonds. The Morgan fingerprint density at radius 2 is 2.11 bits per heavy atom. The predicted molar refractivity (Wildman–Crippen MR) is 71.6 cm³/mol. The van der Waals surface area contributed by atoms with Gasteiger partial charge in [-0.15, -0.1) is 10.2 Å². The highest BCUT2D eigenvalue weighted by Crippen LogP contribution is 2.30. The molecule has 0 aliphatic carbocycles. The van der Waals surface area contributed by atoms with E-state index in [0.29, 0.717) is 11.8 Å². The lowest BCUT2D eigenvalue weighted by molar-refractivity contribution is 0.415. The van der Waals surface area contributed by atoms with Crippen LogP contribution in [0.15, 0.2) is 39.4 Å². The van der Waals surface area contributed by atoms with Gasteiger partial charge in [-0.1, -0.05) is 25.1 Å². The van der Waals surface area contributed by atoms with Gasteiger partial charge in [-0.2, -0.15) is 0 Å². The number of benzene rings is 1. The van der Waals surface area contributed by atoms with Gasteiger partial charge >= 0.3 is 0 Å². The maximum Gasteiger partial charge on any atom is 0.251 e. The number of fused-ring (bicyclic) bond motifs is 1. The first-order chi connectivity index (χ1) is 9.33. The van der Waals surface area contributed by atoms with Crippen molar-refractivity contribution in [3.05, 3.63) is 36.4 Å². The smallest absolute Gasteiger partial charge is 0.251 e. The number of nitrogens with zero attached hydrogens (tertiary/aromatic N) is 2. The first-order valence-electron chi connectivity index (χ1n) is 6.30. The first-order valence-corrected chi connectivity index (χ1v) is 6.30. The molecule has 1 unspecified atom stereocenters. The predicted octanol–water partition coefficient (Wildman–Crippen LogP) is 3.15. The summed E-state index contributed by atoms with van der Waals surface area (Å²) in [5, 5.41) is 12.3. The molecule has 2 heterocycles. The zero-order valence-corrected chi connectivity index (χ0v) is 10.9. The molecule has 0 radical (unpaired) electrons. The van der Waals surface area contributed by atoms with E-state index < -0.39 is 0 Å². The Hall–Kier alpha value is -2.14. The summed E-state index contributed by atoms with van der Waals surface area (Å²) in [5.41, 5.74) is 1.65. The van der Waals surface area contributed by atoms with Gasteiger partial charge in [-0.3, -0.25) is 0 Å². The van der Waals surface area contributed by atoms with Crippen LogP contribution in [0.4, 0.5) is 0 Å². The minimum atomic E-state index is 0.0828. The van der Waals surface area contributed by atoms with Gasteiger partial charge < -0.3 is 14.2 Å². The van der Waals surface area contributed by atoms with Crippen molar-refractivity contribution in [3.63, 3.8) is 0 Å². The summed E-state index contributed by atoms with van der Waals surface area (Å²) in [6, 6.07) is 7.87. The van der Waals surface area contributed by atoms with Crippen molar-refractivity contribution < 1.29 is 8.83 Å². The third kappa shape index (κ3) is 2.02. The van der Waals surface area contributed by atoms with Crippen molar-refractivity contribution in [2.24, 2.45) is 0 Å². The highest BCUT2D eigenvalue weighted by molar-refractivity contribution is 5.91. The van der Waals surface area contributed by atoms with Crippen LogP contribution in [0.3, 0.4) is 0 Å². The molecule has 1 N–H and O–H groups in total. The van der Waals surface area contributed by atoms with Crippen LogP contribution in [0.2, 0.25) is 0 Å². The number of aromatic nitrogens is 2. The average molecular weight is 257 g/mol. The molecule has 1 aromatic carbocycles. The molecule has 1 atom stereocenters. The molecule has 0 bridgehead atoms. The summed E-state index contributed by atoms with van der Waals surface area (Å²) in [6.45, 7) is 2.07. The number of hydrogen-bond acceptors (Lipinski definition) is 5. The molecule has 3 rings (SSSR count). The third-order valence-corrected chi connectivity index (χ3v) is 3.21. The SMILES string of the molecule is CCC(NC)c1nnc(-c2coc3ccccc23)o1. The summed E-state index contributed by atoms with van der Waals surface area (Å²) >= 11 is 0. The van der Waals surface area contributed by atoms with Crippen LogP contribution >= 0.6 is 0 Å². The highest BCUT2D eigenvalue weighted by Gasteiger charge is 2.18. The summed E-state index contributed by atoms with van der Waals surface area (Å²) in [7, 11) is 1.88. The molecule has 19 heavy (non-hydrogen) atoms. The third-order valence-electron chi connectivity index (χ3n) is 3.21. The van der Waals surface area contributed by atoms with Crippen molar-refractivity contribution in [1.82, 2.24) is 15.5 Å². The van der Waals surface area contributed by atoms with Crippen molar-refractivity contribution >= 4 is 11.0 Å². The molecular formula is C14H15N3O2. The molecule has 2 aromatic heterocycles.